The Kier molecular flexibility index (Phi) is 3.00. The first-order valence-electron chi connectivity index (χ1n) is 7.05. The van der Waals surface area contributed by atoms with Gasteiger partial charge in [0.1, 0.15) is 0 Å². The summed E-state index contributed by atoms with van der Waals surface area (Å²) in [6.45, 7) is 0. The van der Waals surface area contributed by atoms with Crippen LogP contribution in [0.4, 0.5) is 5.69 Å². The lowest BCUT2D eigenvalue weighted by Crippen LogP contribution is -2.09. The van der Waals surface area contributed by atoms with Gasteiger partial charge in [-0.25, -0.2) is 17.9 Å². The topological polar surface area (TPSA) is 112 Å². The number of benzene rings is 1. The highest BCUT2D eigenvalue weighted by atomic mass is 32.2. The van der Waals surface area contributed by atoms with Gasteiger partial charge in [-0.3, -0.25) is 4.72 Å². The first-order valence-corrected chi connectivity index (χ1v) is 8.94. The van der Waals surface area contributed by atoms with E-state index in [9.17, 15) is 13.5 Å². The molecule has 4 aromatic rings. The van der Waals surface area contributed by atoms with Gasteiger partial charge in [-0.05, 0) is 30.3 Å². The van der Waals surface area contributed by atoms with Gasteiger partial charge in [0.25, 0.3) is 0 Å². The summed E-state index contributed by atoms with van der Waals surface area (Å²) in [6.07, 6.45) is 2.84. The van der Waals surface area contributed by atoms with E-state index in [0.717, 1.165) is 6.26 Å². The SMILES string of the molecule is CS(=O)(=O)Nc1ccc2[nH]c(O)c(-c3nc4ccccn4n3)c2c1. The fraction of sp³-hybridized carbons (Fsp3) is 0.0667. The third-order valence-electron chi connectivity index (χ3n) is 3.55. The lowest BCUT2D eigenvalue weighted by Gasteiger charge is -2.03. The van der Waals surface area contributed by atoms with Crippen LogP contribution in [0.2, 0.25) is 0 Å². The van der Waals surface area contributed by atoms with E-state index in [0.29, 0.717) is 33.6 Å². The molecule has 1 aromatic carbocycles. The van der Waals surface area contributed by atoms with Crippen molar-refractivity contribution < 1.29 is 13.5 Å². The van der Waals surface area contributed by atoms with Gasteiger partial charge in [0, 0.05) is 22.8 Å². The number of fused-ring (bicyclic) bond motifs is 2. The minimum Gasteiger partial charge on any atom is -0.494 e. The number of nitrogens with one attached hydrogen (secondary N) is 2. The summed E-state index contributed by atoms with van der Waals surface area (Å²) in [6, 6.07) is 10.4. The zero-order valence-corrected chi connectivity index (χ0v) is 13.4. The molecule has 24 heavy (non-hydrogen) atoms. The Labute approximate surface area is 136 Å². The monoisotopic (exact) mass is 343 g/mol. The van der Waals surface area contributed by atoms with Gasteiger partial charge in [0.05, 0.1) is 11.8 Å². The normalized spacial score (nSPS) is 12.0. The standard InChI is InChI=1S/C15H13N5O3S/c1-24(22,23)19-9-5-6-11-10(8-9)13(15(21)16-11)14-17-12-4-2-3-7-20(12)18-14/h2-8,16,19,21H,1H3. The lowest BCUT2D eigenvalue weighted by atomic mass is 10.1. The van der Waals surface area contributed by atoms with Crippen LogP contribution in [0.1, 0.15) is 0 Å². The van der Waals surface area contributed by atoms with E-state index in [1.54, 1.807) is 35.0 Å². The second-order valence-corrected chi connectivity index (χ2v) is 7.17. The van der Waals surface area contributed by atoms with Crippen LogP contribution in [0.15, 0.2) is 42.6 Å². The van der Waals surface area contributed by atoms with Crippen LogP contribution in [0.3, 0.4) is 0 Å². The molecule has 9 heteroatoms. The highest BCUT2D eigenvalue weighted by Gasteiger charge is 2.18. The van der Waals surface area contributed by atoms with Gasteiger partial charge in [-0.2, -0.15) is 0 Å². The van der Waals surface area contributed by atoms with Crippen LogP contribution >= 0.6 is 0 Å². The predicted molar refractivity (Wildman–Crippen MR) is 90.4 cm³/mol. The van der Waals surface area contributed by atoms with Gasteiger partial charge in [0.15, 0.2) is 11.5 Å². The molecule has 0 spiro atoms. The summed E-state index contributed by atoms with van der Waals surface area (Å²) in [4.78, 5) is 7.25. The summed E-state index contributed by atoms with van der Waals surface area (Å²) < 4.78 is 26.9. The van der Waals surface area contributed by atoms with Gasteiger partial charge in [-0.15, -0.1) is 5.10 Å². The molecule has 3 heterocycles. The molecule has 0 unspecified atom stereocenters. The number of hydrogen-bond acceptors (Lipinski definition) is 5. The molecule has 0 bridgehead atoms. The Balaban J connectivity index is 1.93. The number of H-pyrrole nitrogens is 1. The highest BCUT2D eigenvalue weighted by Crippen LogP contribution is 2.36. The molecule has 4 rings (SSSR count). The fourth-order valence-corrected chi connectivity index (χ4v) is 3.17. The number of anilines is 1. The van der Waals surface area contributed by atoms with Gasteiger partial charge >= 0.3 is 0 Å². The Bertz CT molecular complexity index is 1140. The van der Waals surface area contributed by atoms with Crippen molar-refractivity contribution in [2.75, 3.05) is 11.0 Å². The van der Waals surface area contributed by atoms with Gasteiger partial charge in [0.2, 0.25) is 15.9 Å². The zero-order valence-electron chi connectivity index (χ0n) is 12.6. The third kappa shape index (κ3) is 2.44. The van der Waals surface area contributed by atoms with Crippen LogP contribution in [-0.4, -0.2) is 39.4 Å². The lowest BCUT2D eigenvalue weighted by molar-refractivity contribution is 0.460. The number of aromatic hydroxyl groups is 1. The zero-order chi connectivity index (χ0) is 16.9. The van der Waals surface area contributed by atoms with Crippen LogP contribution in [0.5, 0.6) is 5.88 Å². The first kappa shape index (κ1) is 14.5. The Hall–Kier alpha value is -3.07. The Morgan fingerprint density at radius 2 is 2.08 bits per heavy atom. The van der Waals surface area contributed by atoms with E-state index < -0.39 is 10.0 Å². The molecule has 8 nitrogen and oxygen atoms in total. The van der Waals surface area contributed by atoms with Crippen molar-refractivity contribution in [3.63, 3.8) is 0 Å². The number of aromatic nitrogens is 4. The first-order chi connectivity index (χ1) is 11.4. The summed E-state index contributed by atoms with van der Waals surface area (Å²) in [7, 11) is -3.40. The van der Waals surface area contributed by atoms with Crippen molar-refractivity contribution >= 4 is 32.3 Å². The summed E-state index contributed by atoms with van der Waals surface area (Å²) in [5.74, 6) is 0.277. The second kappa shape index (κ2) is 4.96. The minimum atomic E-state index is -3.40. The quantitative estimate of drug-likeness (QED) is 0.526. The summed E-state index contributed by atoms with van der Waals surface area (Å²) in [5.41, 5.74) is 2.12. The van der Waals surface area contributed by atoms with E-state index in [1.807, 2.05) is 12.1 Å². The molecule has 122 valence electrons. The maximum absolute atomic E-state index is 11.4. The van der Waals surface area contributed by atoms with Gasteiger partial charge in [-0.1, -0.05) is 6.07 Å². The molecule has 3 N–H and O–H groups in total. The average molecular weight is 343 g/mol. The maximum Gasteiger partial charge on any atom is 0.229 e. The van der Waals surface area contributed by atoms with E-state index in [2.05, 4.69) is 19.8 Å². The van der Waals surface area contributed by atoms with Crippen LogP contribution in [0.25, 0.3) is 27.9 Å². The molecule has 0 atom stereocenters. The maximum atomic E-state index is 11.4. The average Bonchev–Trinajstić information content (AvgIpc) is 3.04. The number of hydrogen-bond donors (Lipinski definition) is 3. The summed E-state index contributed by atoms with van der Waals surface area (Å²) >= 11 is 0. The molecule has 0 aliphatic heterocycles. The highest BCUT2D eigenvalue weighted by molar-refractivity contribution is 7.92. The van der Waals surface area contributed by atoms with E-state index in [4.69, 9.17) is 0 Å². The van der Waals surface area contributed by atoms with Crippen molar-refractivity contribution in [1.82, 2.24) is 19.6 Å². The van der Waals surface area contributed by atoms with Gasteiger partial charge < -0.3 is 10.1 Å². The van der Waals surface area contributed by atoms with Crippen LogP contribution in [-0.2, 0) is 10.0 Å². The molecule has 3 aromatic heterocycles. The van der Waals surface area contributed by atoms with Crippen molar-refractivity contribution in [3.8, 4) is 17.3 Å². The summed E-state index contributed by atoms with van der Waals surface area (Å²) in [5, 5.41) is 15.2. The molecule has 0 amide bonds. The predicted octanol–water partition coefficient (Wildman–Crippen LogP) is 1.95. The minimum absolute atomic E-state index is 0.0718. The molecule has 0 radical (unpaired) electrons. The van der Waals surface area contributed by atoms with Crippen molar-refractivity contribution in [2.45, 2.75) is 0 Å². The second-order valence-electron chi connectivity index (χ2n) is 5.42. The van der Waals surface area contributed by atoms with E-state index >= 15 is 0 Å². The number of nitrogens with zero attached hydrogens (tertiary/aromatic N) is 3. The van der Waals surface area contributed by atoms with Crippen molar-refractivity contribution in [3.05, 3.63) is 42.6 Å². The fourth-order valence-electron chi connectivity index (χ4n) is 2.62. The Morgan fingerprint density at radius 3 is 2.83 bits per heavy atom. The molecule has 0 aliphatic carbocycles. The van der Waals surface area contributed by atoms with Crippen molar-refractivity contribution in [2.24, 2.45) is 0 Å². The number of pyridine rings is 1. The Morgan fingerprint density at radius 1 is 1.25 bits per heavy atom. The molecule has 0 aliphatic rings. The largest absolute Gasteiger partial charge is 0.494 e. The van der Waals surface area contributed by atoms with E-state index in [1.165, 1.54) is 0 Å². The molecule has 0 saturated heterocycles. The van der Waals surface area contributed by atoms with E-state index in [-0.39, 0.29) is 5.88 Å². The van der Waals surface area contributed by atoms with Crippen LogP contribution in [0, 0.1) is 0 Å². The molecule has 0 fully saturated rings. The smallest absolute Gasteiger partial charge is 0.229 e. The molecular formula is C15H13N5O3S. The third-order valence-corrected chi connectivity index (χ3v) is 4.15. The number of sulfonamides is 1. The van der Waals surface area contributed by atoms with Crippen molar-refractivity contribution in [1.29, 1.82) is 0 Å². The van der Waals surface area contributed by atoms with Crippen LogP contribution < -0.4 is 4.72 Å². The molecular weight excluding hydrogens is 330 g/mol. The number of rotatable bonds is 3. The number of aromatic amines is 1. The molecule has 0 saturated carbocycles.